The minimum Gasteiger partial charge on any atom is -0.487 e. The van der Waals surface area contributed by atoms with Crippen molar-refractivity contribution in [2.24, 2.45) is 0 Å². The van der Waals surface area contributed by atoms with E-state index in [1.807, 2.05) is 6.07 Å². The number of nitriles is 1. The number of hydrogen-bond acceptors (Lipinski definition) is 3. The van der Waals surface area contributed by atoms with E-state index >= 15 is 0 Å². The summed E-state index contributed by atoms with van der Waals surface area (Å²) in [4.78, 5) is 12.5. The summed E-state index contributed by atoms with van der Waals surface area (Å²) in [5.41, 5.74) is 1.42. The van der Waals surface area contributed by atoms with Gasteiger partial charge in [0, 0.05) is 15.7 Å². The SMILES string of the molecule is N#C/C(=C\c1cc(Br)cc(Br)c1OCc1ccc(F)cc1)C(=O)Nc1ccc(F)cc1. The van der Waals surface area contributed by atoms with E-state index in [1.165, 1.54) is 42.5 Å². The van der Waals surface area contributed by atoms with Gasteiger partial charge in [-0.05, 0) is 76.1 Å². The summed E-state index contributed by atoms with van der Waals surface area (Å²) in [6.07, 6.45) is 1.40. The van der Waals surface area contributed by atoms with Crippen LogP contribution in [0.1, 0.15) is 11.1 Å². The summed E-state index contributed by atoms with van der Waals surface area (Å²) in [6.45, 7) is 0.158. The molecule has 0 heterocycles. The molecule has 0 aliphatic rings. The lowest BCUT2D eigenvalue weighted by atomic mass is 10.1. The van der Waals surface area contributed by atoms with Crippen LogP contribution in [0.3, 0.4) is 0 Å². The van der Waals surface area contributed by atoms with Crippen molar-refractivity contribution in [3.63, 3.8) is 0 Å². The third kappa shape index (κ3) is 6.23. The average Bonchev–Trinajstić information content (AvgIpc) is 2.74. The highest BCUT2D eigenvalue weighted by molar-refractivity contribution is 9.11. The van der Waals surface area contributed by atoms with Crippen LogP contribution in [0, 0.1) is 23.0 Å². The normalized spacial score (nSPS) is 11.0. The largest absolute Gasteiger partial charge is 0.487 e. The molecule has 0 saturated carbocycles. The second kappa shape index (κ2) is 10.3. The van der Waals surface area contributed by atoms with Crippen LogP contribution in [-0.2, 0) is 11.4 Å². The minimum atomic E-state index is -0.644. The first-order valence-electron chi connectivity index (χ1n) is 8.90. The number of ether oxygens (including phenoxy) is 1. The van der Waals surface area contributed by atoms with Crippen LogP contribution in [0.4, 0.5) is 14.5 Å². The molecule has 0 aromatic heterocycles. The zero-order chi connectivity index (χ0) is 22.4. The van der Waals surface area contributed by atoms with E-state index in [4.69, 9.17) is 4.74 Å². The summed E-state index contributed by atoms with van der Waals surface area (Å²) >= 11 is 6.81. The maximum absolute atomic E-state index is 13.1. The molecule has 0 fully saturated rings. The molecule has 0 unspecified atom stereocenters. The maximum atomic E-state index is 13.1. The number of hydrogen-bond donors (Lipinski definition) is 1. The number of halogens is 4. The average molecular weight is 548 g/mol. The molecule has 3 aromatic rings. The van der Waals surface area contributed by atoms with Crippen LogP contribution in [0.15, 0.2) is 75.2 Å². The number of amides is 1. The Kier molecular flexibility index (Phi) is 7.55. The maximum Gasteiger partial charge on any atom is 0.266 e. The number of nitrogens with one attached hydrogen (secondary N) is 1. The van der Waals surface area contributed by atoms with Crippen molar-refractivity contribution in [3.05, 3.63) is 97.9 Å². The van der Waals surface area contributed by atoms with Crippen molar-refractivity contribution in [2.75, 3.05) is 5.32 Å². The molecule has 0 atom stereocenters. The molecule has 4 nitrogen and oxygen atoms in total. The fourth-order valence-corrected chi connectivity index (χ4v) is 3.98. The molecule has 8 heteroatoms. The van der Waals surface area contributed by atoms with Crippen LogP contribution in [0.5, 0.6) is 5.75 Å². The van der Waals surface area contributed by atoms with E-state index in [2.05, 4.69) is 37.2 Å². The van der Waals surface area contributed by atoms with E-state index < -0.39 is 11.7 Å². The number of benzene rings is 3. The van der Waals surface area contributed by atoms with Gasteiger partial charge in [0.05, 0.1) is 4.47 Å². The van der Waals surface area contributed by atoms with Crippen LogP contribution >= 0.6 is 31.9 Å². The summed E-state index contributed by atoms with van der Waals surface area (Å²) in [6, 6.07) is 16.4. The van der Waals surface area contributed by atoms with Gasteiger partial charge in [-0.3, -0.25) is 4.79 Å². The van der Waals surface area contributed by atoms with Crippen molar-refractivity contribution in [1.29, 1.82) is 5.26 Å². The Morgan fingerprint density at radius 1 is 1.03 bits per heavy atom. The Morgan fingerprint density at radius 2 is 1.65 bits per heavy atom. The third-order valence-electron chi connectivity index (χ3n) is 4.10. The van der Waals surface area contributed by atoms with E-state index in [0.717, 1.165) is 5.56 Å². The van der Waals surface area contributed by atoms with Gasteiger partial charge >= 0.3 is 0 Å². The van der Waals surface area contributed by atoms with Crippen LogP contribution in [-0.4, -0.2) is 5.91 Å². The molecule has 0 bridgehead atoms. The van der Waals surface area contributed by atoms with Gasteiger partial charge in [0.2, 0.25) is 0 Å². The summed E-state index contributed by atoms with van der Waals surface area (Å²) in [7, 11) is 0. The van der Waals surface area contributed by atoms with Crippen LogP contribution in [0.25, 0.3) is 6.08 Å². The lowest BCUT2D eigenvalue weighted by Gasteiger charge is -2.13. The first kappa shape index (κ1) is 22.7. The van der Waals surface area contributed by atoms with Gasteiger partial charge < -0.3 is 10.1 Å². The van der Waals surface area contributed by atoms with Gasteiger partial charge in [-0.15, -0.1) is 0 Å². The van der Waals surface area contributed by atoms with Crippen LogP contribution in [0.2, 0.25) is 0 Å². The lowest BCUT2D eigenvalue weighted by molar-refractivity contribution is -0.112. The molecule has 0 aliphatic carbocycles. The van der Waals surface area contributed by atoms with E-state index in [9.17, 15) is 18.8 Å². The van der Waals surface area contributed by atoms with Gasteiger partial charge in [-0.2, -0.15) is 5.26 Å². The molecule has 156 valence electrons. The number of nitrogens with zero attached hydrogens (tertiary/aromatic N) is 1. The zero-order valence-corrected chi connectivity index (χ0v) is 19.0. The zero-order valence-electron chi connectivity index (χ0n) is 15.8. The van der Waals surface area contributed by atoms with Gasteiger partial charge in [0.15, 0.2) is 0 Å². The lowest BCUT2D eigenvalue weighted by Crippen LogP contribution is -2.13. The number of carbonyl (C=O) groups excluding carboxylic acids is 1. The van der Waals surface area contributed by atoms with E-state index in [0.29, 0.717) is 25.9 Å². The first-order valence-corrected chi connectivity index (χ1v) is 10.5. The van der Waals surface area contributed by atoms with Crippen molar-refractivity contribution in [1.82, 2.24) is 0 Å². The van der Waals surface area contributed by atoms with Gasteiger partial charge in [-0.1, -0.05) is 28.1 Å². The molecule has 3 aromatic carbocycles. The molecule has 0 aliphatic heterocycles. The topological polar surface area (TPSA) is 62.1 Å². The van der Waals surface area contributed by atoms with E-state index in [1.54, 1.807) is 24.3 Å². The quantitative estimate of drug-likeness (QED) is 0.279. The van der Waals surface area contributed by atoms with Gasteiger partial charge in [0.1, 0.15) is 35.6 Å². The Balaban J connectivity index is 1.87. The van der Waals surface area contributed by atoms with Crippen molar-refractivity contribution in [3.8, 4) is 11.8 Å². The molecule has 31 heavy (non-hydrogen) atoms. The number of rotatable bonds is 6. The molecule has 3 rings (SSSR count). The third-order valence-corrected chi connectivity index (χ3v) is 5.15. The second-order valence-electron chi connectivity index (χ2n) is 6.35. The molecule has 0 radical (unpaired) electrons. The standard InChI is InChI=1S/C23H14Br2F2N2O2/c24-17-10-15(9-16(12-28)23(30)29-20-7-5-19(27)6-8-20)22(21(25)11-17)31-13-14-1-3-18(26)4-2-14/h1-11H,13H2,(H,29,30)/b16-9+. The highest BCUT2D eigenvalue weighted by Gasteiger charge is 2.14. The van der Waals surface area contributed by atoms with Crippen LogP contribution < -0.4 is 10.1 Å². The summed E-state index contributed by atoms with van der Waals surface area (Å²) in [5.74, 6) is -1.01. The Labute approximate surface area is 194 Å². The molecular formula is C23H14Br2F2N2O2. The predicted molar refractivity (Wildman–Crippen MR) is 121 cm³/mol. The van der Waals surface area contributed by atoms with Crippen molar-refractivity contribution < 1.29 is 18.3 Å². The minimum absolute atomic E-state index is 0.158. The van der Waals surface area contributed by atoms with Gasteiger partial charge in [-0.25, -0.2) is 8.78 Å². The van der Waals surface area contributed by atoms with Gasteiger partial charge in [0.25, 0.3) is 5.91 Å². The highest BCUT2D eigenvalue weighted by atomic mass is 79.9. The molecule has 0 spiro atoms. The highest BCUT2D eigenvalue weighted by Crippen LogP contribution is 2.35. The van der Waals surface area contributed by atoms with E-state index in [-0.39, 0.29) is 18.0 Å². The Morgan fingerprint density at radius 3 is 2.26 bits per heavy atom. The molecule has 1 N–H and O–H groups in total. The Bertz CT molecular complexity index is 1170. The monoisotopic (exact) mass is 546 g/mol. The van der Waals surface area contributed by atoms with Crippen molar-refractivity contribution >= 4 is 49.5 Å². The molecule has 1 amide bonds. The molecule has 0 saturated heterocycles. The number of carbonyl (C=O) groups is 1. The first-order chi connectivity index (χ1) is 14.9. The predicted octanol–water partition coefficient (Wildman–Crippen LogP) is 6.61. The summed E-state index contributed by atoms with van der Waals surface area (Å²) < 4.78 is 33.4. The fraction of sp³-hybridized carbons (Fsp3) is 0.0435. The molecular weight excluding hydrogens is 534 g/mol. The smallest absolute Gasteiger partial charge is 0.266 e. The van der Waals surface area contributed by atoms with Crippen molar-refractivity contribution in [2.45, 2.75) is 6.61 Å². The fourth-order valence-electron chi connectivity index (χ4n) is 2.61. The number of anilines is 1. The second-order valence-corrected chi connectivity index (χ2v) is 8.12. The summed E-state index contributed by atoms with van der Waals surface area (Å²) in [5, 5.41) is 12.1. The Hall–Kier alpha value is -3.02.